The number of likely N-dealkylation sites (tertiary alicyclic amines) is 2. The maximum Gasteiger partial charge on any atom is 0.459 e. The molecule has 0 unspecified atom stereocenters. The highest BCUT2D eigenvalue weighted by molar-refractivity contribution is 4.94. The van der Waals surface area contributed by atoms with Crippen molar-refractivity contribution in [3.05, 3.63) is 0 Å². The minimum absolute atomic E-state index is 0.0947. The van der Waals surface area contributed by atoms with E-state index in [1.165, 1.54) is 0 Å². The van der Waals surface area contributed by atoms with Gasteiger partial charge in [-0.25, -0.2) is 4.90 Å². The van der Waals surface area contributed by atoms with Crippen LogP contribution in [0.25, 0.3) is 0 Å². The van der Waals surface area contributed by atoms with Gasteiger partial charge in [0.25, 0.3) is 0 Å². The van der Waals surface area contributed by atoms with Crippen LogP contribution in [0.1, 0.15) is 19.3 Å². The summed E-state index contributed by atoms with van der Waals surface area (Å²) >= 11 is 0. The van der Waals surface area contributed by atoms with Crippen LogP contribution in [0.3, 0.4) is 0 Å². The van der Waals surface area contributed by atoms with Gasteiger partial charge in [0.15, 0.2) is 0 Å². The van der Waals surface area contributed by atoms with Crippen LogP contribution in [0.4, 0.5) is 13.2 Å². The molecule has 5 heteroatoms. The van der Waals surface area contributed by atoms with Crippen molar-refractivity contribution in [3.8, 4) is 0 Å². The Morgan fingerprint density at radius 1 is 1.07 bits per heavy atom. The monoisotopic (exact) mass is 222 g/mol. The molecule has 0 aliphatic carbocycles. The molecule has 0 aromatic heterocycles. The molecular formula is C10H17F3N2. The van der Waals surface area contributed by atoms with Gasteiger partial charge in [-0.3, -0.25) is 0 Å². The first-order valence-electron chi connectivity index (χ1n) is 5.42. The Morgan fingerprint density at radius 2 is 1.80 bits per heavy atom. The predicted octanol–water partition coefficient (Wildman–Crippen LogP) is 1.92. The van der Waals surface area contributed by atoms with E-state index < -0.39 is 6.30 Å². The lowest BCUT2D eigenvalue weighted by Gasteiger charge is -2.40. The second-order valence-electron chi connectivity index (χ2n) is 4.98. The molecule has 1 atom stereocenters. The van der Waals surface area contributed by atoms with E-state index in [1.54, 1.807) is 0 Å². The summed E-state index contributed by atoms with van der Waals surface area (Å²) in [6, 6.07) is 0. The van der Waals surface area contributed by atoms with Gasteiger partial charge in [0, 0.05) is 19.6 Å². The number of hydrogen-bond donors (Lipinski definition) is 0. The molecule has 0 N–H and O–H groups in total. The quantitative estimate of drug-likeness (QED) is 0.578. The van der Waals surface area contributed by atoms with Gasteiger partial charge in [-0.1, -0.05) is 0 Å². The zero-order chi connectivity index (χ0) is 11.1. The lowest BCUT2D eigenvalue weighted by atomic mass is 9.79. The lowest BCUT2D eigenvalue weighted by Crippen LogP contribution is -2.50. The molecule has 2 saturated heterocycles. The van der Waals surface area contributed by atoms with Crippen molar-refractivity contribution in [3.63, 3.8) is 0 Å². The van der Waals surface area contributed by atoms with E-state index in [2.05, 4.69) is 4.90 Å². The summed E-state index contributed by atoms with van der Waals surface area (Å²) in [4.78, 5) is 2.83. The van der Waals surface area contributed by atoms with E-state index >= 15 is 0 Å². The van der Waals surface area contributed by atoms with Crippen molar-refractivity contribution in [2.45, 2.75) is 25.6 Å². The van der Waals surface area contributed by atoms with Crippen LogP contribution in [-0.4, -0.2) is 49.3 Å². The Balaban J connectivity index is 2.04. The number of piperidine rings is 1. The van der Waals surface area contributed by atoms with Crippen LogP contribution in [0.5, 0.6) is 0 Å². The average molecular weight is 222 g/mol. The molecule has 2 fully saturated rings. The Labute approximate surface area is 88.0 Å². The number of halogens is 3. The van der Waals surface area contributed by atoms with Crippen LogP contribution in [0, 0.1) is 5.41 Å². The first-order valence-corrected chi connectivity index (χ1v) is 5.42. The zero-order valence-electron chi connectivity index (χ0n) is 8.98. The fourth-order valence-electron chi connectivity index (χ4n) is 2.92. The molecule has 0 bridgehead atoms. The molecule has 2 rings (SSSR count). The first kappa shape index (κ1) is 11.2. The van der Waals surface area contributed by atoms with Gasteiger partial charge in [0.2, 0.25) is 0 Å². The standard InChI is InChI=1S/C10H17F3N2/c1-14-6-4-9(7-14)3-2-5-15(8-9)10(11,12)13/h2-8H2,1H3/t9-/m1/s1. The molecule has 0 radical (unpaired) electrons. The maximum atomic E-state index is 12.6. The molecular weight excluding hydrogens is 205 g/mol. The molecule has 15 heavy (non-hydrogen) atoms. The van der Waals surface area contributed by atoms with E-state index in [0.717, 1.165) is 25.9 Å². The third-order valence-corrected chi connectivity index (χ3v) is 3.65. The smallest absolute Gasteiger partial charge is 0.306 e. The van der Waals surface area contributed by atoms with Crippen LogP contribution >= 0.6 is 0 Å². The summed E-state index contributed by atoms with van der Waals surface area (Å²) in [6.07, 6.45) is -1.61. The van der Waals surface area contributed by atoms with Gasteiger partial charge in [0.05, 0.1) is 0 Å². The summed E-state index contributed by atoms with van der Waals surface area (Å²) in [5.74, 6) is 0. The summed E-state index contributed by atoms with van der Waals surface area (Å²) in [5, 5.41) is 0. The van der Waals surface area contributed by atoms with Crippen molar-refractivity contribution in [2.75, 3.05) is 33.2 Å². The predicted molar refractivity (Wildman–Crippen MR) is 51.4 cm³/mol. The normalized spacial score (nSPS) is 35.2. The Morgan fingerprint density at radius 3 is 2.33 bits per heavy atom. The number of nitrogens with zero attached hydrogens (tertiary/aromatic N) is 2. The van der Waals surface area contributed by atoms with E-state index in [-0.39, 0.29) is 18.5 Å². The second kappa shape index (κ2) is 3.63. The van der Waals surface area contributed by atoms with Gasteiger partial charge in [0.1, 0.15) is 0 Å². The highest BCUT2D eigenvalue weighted by Gasteiger charge is 2.47. The lowest BCUT2D eigenvalue weighted by molar-refractivity contribution is -0.259. The molecule has 0 aromatic carbocycles. The van der Waals surface area contributed by atoms with Crippen molar-refractivity contribution in [1.29, 1.82) is 0 Å². The number of hydrogen-bond acceptors (Lipinski definition) is 2. The van der Waals surface area contributed by atoms with Crippen LogP contribution in [-0.2, 0) is 0 Å². The minimum atomic E-state index is -4.14. The van der Waals surface area contributed by atoms with Crippen molar-refractivity contribution in [2.24, 2.45) is 5.41 Å². The second-order valence-corrected chi connectivity index (χ2v) is 4.98. The Kier molecular flexibility index (Phi) is 2.71. The molecule has 1 spiro atoms. The molecule has 2 aliphatic heterocycles. The summed E-state index contributed by atoms with van der Waals surface area (Å²) in [6.45, 7) is 2.13. The van der Waals surface area contributed by atoms with E-state index in [9.17, 15) is 13.2 Å². The summed E-state index contributed by atoms with van der Waals surface area (Å²) < 4.78 is 37.8. The largest absolute Gasteiger partial charge is 0.459 e. The molecule has 2 heterocycles. The average Bonchev–Trinajstić information content (AvgIpc) is 2.46. The summed E-state index contributed by atoms with van der Waals surface area (Å²) in [5.41, 5.74) is -0.0947. The van der Waals surface area contributed by atoms with Crippen molar-refractivity contribution in [1.82, 2.24) is 9.80 Å². The van der Waals surface area contributed by atoms with Crippen molar-refractivity contribution >= 4 is 0 Å². The molecule has 0 amide bonds. The molecule has 2 nitrogen and oxygen atoms in total. The number of alkyl halides is 3. The van der Waals surface area contributed by atoms with Gasteiger partial charge in [-0.15, -0.1) is 0 Å². The van der Waals surface area contributed by atoms with E-state index in [0.29, 0.717) is 11.3 Å². The SMILES string of the molecule is CN1CC[C@]2(CCCN(C(F)(F)F)C2)C1. The molecule has 0 saturated carbocycles. The van der Waals surface area contributed by atoms with E-state index in [1.807, 2.05) is 7.05 Å². The maximum absolute atomic E-state index is 12.6. The highest BCUT2D eigenvalue weighted by atomic mass is 19.4. The fourth-order valence-corrected chi connectivity index (χ4v) is 2.92. The van der Waals surface area contributed by atoms with Gasteiger partial charge in [-0.2, -0.15) is 13.2 Å². The third kappa shape index (κ3) is 2.28. The Bertz CT molecular complexity index is 237. The van der Waals surface area contributed by atoms with Crippen LogP contribution in [0.2, 0.25) is 0 Å². The van der Waals surface area contributed by atoms with Crippen LogP contribution < -0.4 is 0 Å². The van der Waals surface area contributed by atoms with Crippen LogP contribution in [0.15, 0.2) is 0 Å². The minimum Gasteiger partial charge on any atom is -0.306 e. The van der Waals surface area contributed by atoms with Gasteiger partial charge in [-0.05, 0) is 38.3 Å². The molecule has 2 aliphatic rings. The zero-order valence-corrected chi connectivity index (χ0v) is 8.98. The highest BCUT2D eigenvalue weighted by Crippen LogP contribution is 2.41. The fraction of sp³-hybridized carbons (Fsp3) is 1.00. The van der Waals surface area contributed by atoms with Crippen molar-refractivity contribution < 1.29 is 13.2 Å². The number of rotatable bonds is 0. The molecule has 0 aromatic rings. The molecule has 88 valence electrons. The topological polar surface area (TPSA) is 6.48 Å². The first-order chi connectivity index (χ1) is 6.91. The summed E-state index contributed by atoms with van der Waals surface area (Å²) in [7, 11) is 1.99. The van der Waals surface area contributed by atoms with E-state index in [4.69, 9.17) is 0 Å². The van der Waals surface area contributed by atoms with Gasteiger partial charge >= 0.3 is 6.30 Å². The van der Waals surface area contributed by atoms with Gasteiger partial charge < -0.3 is 4.90 Å². The Hall–Kier alpha value is -0.290. The third-order valence-electron chi connectivity index (χ3n) is 3.65.